The van der Waals surface area contributed by atoms with E-state index in [9.17, 15) is 4.79 Å². The van der Waals surface area contributed by atoms with Gasteiger partial charge in [0.1, 0.15) is 11.2 Å². The molecule has 2 saturated carbocycles. The number of methoxy groups -OCH3 is 1. The fraction of sp³-hybridized carbons (Fsp3) is 0.857. The Bertz CT molecular complexity index is 613. The molecular weight excluding hydrogens is 316 g/mol. The molecule has 4 heteroatoms. The van der Waals surface area contributed by atoms with Crippen LogP contribution >= 0.6 is 0 Å². The molecule has 0 aromatic heterocycles. The predicted molar refractivity (Wildman–Crippen MR) is 94.6 cm³/mol. The van der Waals surface area contributed by atoms with Crippen LogP contribution in [0.15, 0.2) is 11.6 Å². The van der Waals surface area contributed by atoms with Crippen LogP contribution in [0.1, 0.15) is 72.6 Å². The molecule has 140 valence electrons. The molecule has 5 rings (SSSR count). The van der Waals surface area contributed by atoms with Crippen molar-refractivity contribution < 1.29 is 19.3 Å². The normalized spacial score (nSPS) is 48.6. The van der Waals surface area contributed by atoms with Crippen LogP contribution in [0, 0.1) is 22.7 Å². The number of carbonyl (C=O) groups excluding carboxylic acids is 1. The first-order valence-electron chi connectivity index (χ1n) is 9.92. The molecule has 2 bridgehead atoms. The summed E-state index contributed by atoms with van der Waals surface area (Å²) in [6, 6.07) is 0. The molecule has 1 spiro atoms. The van der Waals surface area contributed by atoms with E-state index in [-0.39, 0.29) is 28.5 Å². The summed E-state index contributed by atoms with van der Waals surface area (Å²) in [6.45, 7) is 8.86. The molecule has 0 aromatic rings. The lowest BCUT2D eigenvalue weighted by molar-refractivity contribution is -0.465. The Morgan fingerprint density at radius 1 is 1.20 bits per heavy atom. The van der Waals surface area contributed by atoms with Gasteiger partial charge in [-0.2, -0.15) is 0 Å². The van der Waals surface area contributed by atoms with Gasteiger partial charge in [-0.15, -0.1) is 0 Å². The number of rotatable bonds is 2. The molecule has 3 fully saturated rings. The minimum atomic E-state index is -0.421. The van der Waals surface area contributed by atoms with Gasteiger partial charge in [0.05, 0.1) is 12.5 Å². The molecule has 3 unspecified atom stereocenters. The SMILES string of the molecule is COC(=O)[C@]1(C)CCC[C@@]2(C)C1CCC1=CC3(C(C)C)CCC12OO3. The van der Waals surface area contributed by atoms with Crippen LogP contribution in [0.4, 0.5) is 0 Å². The van der Waals surface area contributed by atoms with Crippen molar-refractivity contribution in [2.75, 3.05) is 7.11 Å². The number of ether oxygens (including phenoxy) is 1. The molecular formula is C21H32O4. The highest BCUT2D eigenvalue weighted by molar-refractivity contribution is 5.77. The summed E-state index contributed by atoms with van der Waals surface area (Å²) in [5.74, 6) is 0.610. The highest BCUT2D eigenvalue weighted by Crippen LogP contribution is 2.68. The van der Waals surface area contributed by atoms with Gasteiger partial charge in [-0.3, -0.25) is 4.79 Å². The highest BCUT2D eigenvalue weighted by Gasteiger charge is 2.69. The van der Waals surface area contributed by atoms with Crippen molar-refractivity contribution >= 4 is 5.97 Å². The van der Waals surface area contributed by atoms with Crippen LogP contribution in [0.3, 0.4) is 0 Å². The summed E-state index contributed by atoms with van der Waals surface area (Å²) in [7, 11) is 1.52. The van der Waals surface area contributed by atoms with Gasteiger partial charge in [-0.05, 0) is 68.9 Å². The number of esters is 1. The lowest BCUT2D eigenvalue weighted by Gasteiger charge is -2.66. The molecule has 25 heavy (non-hydrogen) atoms. The van der Waals surface area contributed by atoms with Gasteiger partial charge in [-0.25, -0.2) is 9.78 Å². The Hall–Kier alpha value is -0.870. The van der Waals surface area contributed by atoms with Crippen molar-refractivity contribution in [1.82, 2.24) is 0 Å². The minimum Gasteiger partial charge on any atom is -0.469 e. The van der Waals surface area contributed by atoms with Crippen molar-refractivity contribution in [1.29, 1.82) is 0 Å². The van der Waals surface area contributed by atoms with E-state index in [1.807, 2.05) is 0 Å². The second kappa shape index (κ2) is 5.32. The van der Waals surface area contributed by atoms with Crippen LogP contribution in [-0.2, 0) is 19.3 Å². The van der Waals surface area contributed by atoms with Gasteiger partial charge >= 0.3 is 5.97 Å². The van der Waals surface area contributed by atoms with E-state index in [0.717, 1.165) is 44.9 Å². The maximum Gasteiger partial charge on any atom is 0.311 e. The van der Waals surface area contributed by atoms with E-state index < -0.39 is 5.41 Å². The van der Waals surface area contributed by atoms with E-state index in [4.69, 9.17) is 14.5 Å². The smallest absolute Gasteiger partial charge is 0.311 e. The van der Waals surface area contributed by atoms with Crippen molar-refractivity contribution in [2.24, 2.45) is 22.7 Å². The highest BCUT2D eigenvalue weighted by atomic mass is 17.2. The molecule has 5 aliphatic rings. The summed E-state index contributed by atoms with van der Waals surface area (Å²) in [4.78, 5) is 25.0. The first-order chi connectivity index (χ1) is 11.7. The van der Waals surface area contributed by atoms with Gasteiger partial charge in [0.15, 0.2) is 0 Å². The maximum absolute atomic E-state index is 12.7. The molecule has 1 saturated heterocycles. The summed E-state index contributed by atoms with van der Waals surface area (Å²) < 4.78 is 5.22. The second-order valence-corrected chi connectivity index (χ2v) is 9.54. The Labute approximate surface area is 151 Å². The summed E-state index contributed by atoms with van der Waals surface area (Å²) in [5, 5.41) is 0. The molecule has 2 heterocycles. The molecule has 5 atom stereocenters. The van der Waals surface area contributed by atoms with Crippen LogP contribution < -0.4 is 0 Å². The molecule has 0 aromatic carbocycles. The largest absolute Gasteiger partial charge is 0.469 e. The van der Waals surface area contributed by atoms with E-state index in [1.165, 1.54) is 12.7 Å². The summed E-state index contributed by atoms with van der Waals surface area (Å²) >= 11 is 0. The van der Waals surface area contributed by atoms with Crippen molar-refractivity contribution in [3.63, 3.8) is 0 Å². The zero-order chi connectivity index (χ0) is 18.1. The molecule has 3 aliphatic carbocycles. The van der Waals surface area contributed by atoms with Crippen molar-refractivity contribution in [3.05, 3.63) is 11.6 Å². The molecule has 4 nitrogen and oxygen atoms in total. The predicted octanol–water partition coefficient (Wildman–Crippen LogP) is 4.58. The molecule has 0 amide bonds. The monoisotopic (exact) mass is 348 g/mol. The molecule has 0 N–H and O–H groups in total. The molecule has 0 radical (unpaired) electrons. The van der Waals surface area contributed by atoms with Gasteiger partial charge in [0.25, 0.3) is 0 Å². The zero-order valence-corrected chi connectivity index (χ0v) is 16.3. The van der Waals surface area contributed by atoms with Crippen LogP contribution in [0.2, 0.25) is 0 Å². The van der Waals surface area contributed by atoms with Crippen molar-refractivity contribution in [3.8, 4) is 0 Å². The maximum atomic E-state index is 12.7. The Morgan fingerprint density at radius 2 is 1.96 bits per heavy atom. The van der Waals surface area contributed by atoms with Gasteiger partial charge < -0.3 is 4.74 Å². The first-order valence-corrected chi connectivity index (χ1v) is 9.92. The van der Waals surface area contributed by atoms with Crippen molar-refractivity contribution in [2.45, 2.75) is 83.8 Å². The summed E-state index contributed by atoms with van der Waals surface area (Å²) in [5.41, 5.74) is 0.298. The first kappa shape index (κ1) is 17.5. The van der Waals surface area contributed by atoms with E-state index in [0.29, 0.717) is 5.92 Å². The lowest BCUT2D eigenvalue weighted by atomic mass is 9.43. The second-order valence-electron chi connectivity index (χ2n) is 9.54. The molecule has 2 aliphatic heterocycles. The fourth-order valence-corrected chi connectivity index (χ4v) is 6.67. The van der Waals surface area contributed by atoms with Gasteiger partial charge in [0.2, 0.25) is 0 Å². The quantitative estimate of drug-likeness (QED) is 0.416. The van der Waals surface area contributed by atoms with Gasteiger partial charge in [0, 0.05) is 5.41 Å². The number of fused-ring (bicyclic) bond motifs is 3. The van der Waals surface area contributed by atoms with E-state index in [2.05, 4.69) is 33.8 Å². The number of hydrogen-bond donors (Lipinski definition) is 0. The third kappa shape index (κ3) is 1.98. The third-order valence-electron chi connectivity index (χ3n) is 8.33. The number of hydrogen-bond acceptors (Lipinski definition) is 4. The average Bonchev–Trinajstić information content (AvgIpc) is 2.61. The van der Waals surface area contributed by atoms with Crippen LogP contribution in [-0.4, -0.2) is 24.3 Å². The third-order valence-corrected chi connectivity index (χ3v) is 8.33. The standard InChI is InChI=1S/C21H32O4/c1-14(2)20-11-12-21(25-24-20)15(13-20)7-8-16-18(3,17(22)23-5)9-6-10-19(16,21)4/h13-14,16H,6-12H2,1-5H3/t16?,18-,19+,20?,21?/m1/s1. The van der Waals surface area contributed by atoms with Crippen LogP contribution in [0.25, 0.3) is 0 Å². The minimum absolute atomic E-state index is 0.0590. The Balaban J connectivity index is 1.79. The number of carbonyl (C=O) groups is 1. The fourth-order valence-electron chi connectivity index (χ4n) is 6.67. The van der Waals surface area contributed by atoms with Crippen LogP contribution in [0.5, 0.6) is 0 Å². The lowest BCUT2D eigenvalue weighted by Crippen LogP contribution is -2.68. The van der Waals surface area contributed by atoms with Gasteiger partial charge in [-0.1, -0.05) is 27.2 Å². The van der Waals surface area contributed by atoms with E-state index >= 15 is 0 Å². The Kier molecular flexibility index (Phi) is 3.73. The topological polar surface area (TPSA) is 44.8 Å². The Morgan fingerprint density at radius 3 is 2.56 bits per heavy atom. The zero-order valence-electron chi connectivity index (χ0n) is 16.3. The van der Waals surface area contributed by atoms with E-state index in [1.54, 1.807) is 0 Å². The summed E-state index contributed by atoms with van der Waals surface area (Å²) in [6.07, 6.45) is 9.46. The average molecular weight is 348 g/mol.